The summed E-state index contributed by atoms with van der Waals surface area (Å²) in [7, 11) is 0. The van der Waals surface area contributed by atoms with Crippen LogP contribution in [0.15, 0.2) is 62.8 Å². The van der Waals surface area contributed by atoms with Crippen LogP contribution in [0.1, 0.15) is 38.2 Å². The number of nitrogens with one attached hydrogen (secondary N) is 1. The predicted octanol–water partition coefficient (Wildman–Crippen LogP) is 5.32. The average molecular weight is 584 g/mol. The maximum Gasteiger partial charge on any atom is 0.236 e. The minimum Gasteiger partial charge on any atom is -0.384 e. The number of hydrogen-bond donors (Lipinski definition) is 2. The summed E-state index contributed by atoms with van der Waals surface area (Å²) in [5.74, 6) is -0.538. The minimum atomic E-state index is -0.620. The largest absolute Gasteiger partial charge is 0.384 e. The molecule has 3 aromatic rings. The average Bonchev–Trinajstić information content (AvgIpc) is 3.53. The van der Waals surface area contributed by atoms with E-state index in [0.717, 1.165) is 5.56 Å². The number of nitrogens with two attached hydrogens (primary N) is 1. The van der Waals surface area contributed by atoms with Gasteiger partial charge < -0.3 is 11.1 Å². The van der Waals surface area contributed by atoms with Gasteiger partial charge in [0.1, 0.15) is 5.82 Å². The Morgan fingerprint density at radius 3 is 2.89 bits per heavy atom. The van der Waals surface area contributed by atoms with E-state index in [1.54, 1.807) is 34.7 Å². The fourth-order valence-corrected chi connectivity index (χ4v) is 7.09. The molecule has 9 nitrogen and oxygen atoms in total. The molecule has 0 fully saturated rings. The van der Waals surface area contributed by atoms with Crippen molar-refractivity contribution in [2.75, 3.05) is 16.0 Å². The second kappa shape index (κ2) is 10.5. The normalized spacial score (nSPS) is 18.8. The number of carbonyl (C=O) groups excluding carboxylic acids is 2. The van der Waals surface area contributed by atoms with Crippen molar-refractivity contribution in [1.29, 1.82) is 5.26 Å². The lowest BCUT2D eigenvalue weighted by Crippen LogP contribution is -2.42. The maximum absolute atomic E-state index is 13.6. The SMILES string of the molecule is CC1(C)CC(=O)C2=C(C1)N(c1nnc(SCC(=O)Nc3nccs3)s1)C(N)=C(C#N)C2c1cccc(Cl)c1. The first-order chi connectivity index (χ1) is 18.2. The Hall–Kier alpha value is -3.24. The van der Waals surface area contributed by atoms with Gasteiger partial charge in [-0.1, -0.05) is 60.7 Å². The van der Waals surface area contributed by atoms with Gasteiger partial charge in [0.2, 0.25) is 11.0 Å². The van der Waals surface area contributed by atoms with Gasteiger partial charge in [-0.05, 0) is 29.5 Å². The number of halogens is 1. The summed E-state index contributed by atoms with van der Waals surface area (Å²) in [4.78, 5) is 31.6. The quantitative estimate of drug-likeness (QED) is 0.369. The number of anilines is 2. The molecule has 1 aromatic carbocycles. The summed E-state index contributed by atoms with van der Waals surface area (Å²) >= 11 is 10.1. The van der Waals surface area contributed by atoms with E-state index < -0.39 is 5.92 Å². The topological polar surface area (TPSA) is 138 Å². The van der Waals surface area contributed by atoms with Crippen LogP contribution in [0.4, 0.5) is 10.3 Å². The molecule has 0 bridgehead atoms. The molecule has 1 aliphatic carbocycles. The zero-order valence-corrected chi connectivity index (χ0v) is 23.6. The maximum atomic E-state index is 13.6. The van der Waals surface area contributed by atoms with E-state index in [1.807, 2.05) is 19.9 Å². The van der Waals surface area contributed by atoms with E-state index in [-0.39, 0.29) is 34.3 Å². The molecule has 1 atom stereocenters. The van der Waals surface area contributed by atoms with Crippen LogP contribution in [-0.4, -0.2) is 32.6 Å². The fraction of sp³-hybridized carbons (Fsp3) is 0.280. The zero-order valence-electron chi connectivity index (χ0n) is 20.4. The number of amides is 1. The number of thiazole rings is 1. The standard InChI is InChI=1S/C25H22ClN7O2S3/c1-25(2)9-16-20(17(34)10-25)19(13-4-3-5-14(26)8-13)15(11-27)21(28)33(16)23-31-32-24(38-23)37-12-18(35)30-22-29-6-7-36-22/h3-8,19H,9-10,12,28H2,1-2H3,(H,29,30,35). The molecule has 2 aliphatic rings. The van der Waals surface area contributed by atoms with Crippen molar-refractivity contribution in [3.63, 3.8) is 0 Å². The van der Waals surface area contributed by atoms with Gasteiger partial charge in [0.05, 0.1) is 23.3 Å². The lowest BCUT2D eigenvalue weighted by molar-refractivity contribution is -0.118. The molecule has 0 saturated heterocycles. The first-order valence-electron chi connectivity index (χ1n) is 11.5. The van der Waals surface area contributed by atoms with E-state index >= 15 is 0 Å². The Kier molecular flexibility index (Phi) is 7.28. The van der Waals surface area contributed by atoms with Crippen LogP contribution in [0.2, 0.25) is 5.02 Å². The van der Waals surface area contributed by atoms with Crippen molar-refractivity contribution < 1.29 is 9.59 Å². The van der Waals surface area contributed by atoms with Gasteiger partial charge in [-0.15, -0.1) is 21.5 Å². The minimum absolute atomic E-state index is 0.0375. The molecule has 3 N–H and O–H groups in total. The summed E-state index contributed by atoms with van der Waals surface area (Å²) in [5.41, 5.74) is 8.57. The second-order valence-corrected chi connectivity index (χ2v) is 13.1. The van der Waals surface area contributed by atoms with Gasteiger partial charge in [0.15, 0.2) is 15.3 Å². The van der Waals surface area contributed by atoms with Gasteiger partial charge in [0.25, 0.3) is 0 Å². The van der Waals surface area contributed by atoms with Crippen LogP contribution in [0.3, 0.4) is 0 Å². The van der Waals surface area contributed by atoms with Crippen molar-refractivity contribution >= 4 is 68.0 Å². The highest BCUT2D eigenvalue weighted by atomic mass is 35.5. The molecule has 1 unspecified atom stereocenters. The number of nitrogens with zero attached hydrogens (tertiary/aromatic N) is 5. The highest BCUT2D eigenvalue weighted by molar-refractivity contribution is 8.01. The van der Waals surface area contributed by atoms with Gasteiger partial charge in [-0.25, -0.2) is 4.98 Å². The zero-order chi connectivity index (χ0) is 27.0. The first kappa shape index (κ1) is 26.4. The van der Waals surface area contributed by atoms with Crippen LogP contribution in [-0.2, 0) is 9.59 Å². The number of aromatic nitrogens is 3. The number of Topliss-reactive ketones (excluding diaryl/α,β-unsaturated/α-hetero) is 1. The summed E-state index contributed by atoms with van der Waals surface area (Å²) < 4.78 is 0.557. The molecule has 3 heterocycles. The van der Waals surface area contributed by atoms with Gasteiger partial charge in [-0.2, -0.15) is 5.26 Å². The molecule has 0 radical (unpaired) electrons. The molecule has 38 heavy (non-hydrogen) atoms. The monoisotopic (exact) mass is 583 g/mol. The number of benzene rings is 1. The number of thioether (sulfide) groups is 1. The highest BCUT2D eigenvalue weighted by Gasteiger charge is 2.45. The summed E-state index contributed by atoms with van der Waals surface area (Å²) in [5, 5.41) is 24.7. The van der Waals surface area contributed by atoms with Crippen molar-refractivity contribution in [2.45, 2.75) is 36.9 Å². The number of carbonyl (C=O) groups is 2. The molecule has 194 valence electrons. The number of ketones is 1. The summed E-state index contributed by atoms with van der Waals surface area (Å²) in [6, 6.07) is 9.40. The Labute approximate surface area is 236 Å². The third-order valence-corrected chi connectivity index (χ3v) is 9.12. The van der Waals surface area contributed by atoms with Crippen LogP contribution < -0.4 is 16.0 Å². The highest BCUT2D eigenvalue weighted by Crippen LogP contribution is 2.50. The molecular weight excluding hydrogens is 562 g/mol. The smallest absolute Gasteiger partial charge is 0.236 e. The Bertz CT molecular complexity index is 1520. The first-order valence-corrected chi connectivity index (χ1v) is 14.6. The molecular formula is C25H22ClN7O2S3. The van der Waals surface area contributed by atoms with E-state index in [9.17, 15) is 14.9 Å². The molecule has 1 aliphatic heterocycles. The molecule has 1 amide bonds. The Balaban J connectivity index is 1.50. The van der Waals surface area contributed by atoms with Crippen molar-refractivity contribution in [1.82, 2.24) is 15.2 Å². The van der Waals surface area contributed by atoms with Crippen LogP contribution in [0.5, 0.6) is 0 Å². The molecule has 0 spiro atoms. The van der Waals surface area contributed by atoms with Crippen molar-refractivity contribution in [2.24, 2.45) is 11.1 Å². The van der Waals surface area contributed by atoms with Gasteiger partial charge in [-0.3, -0.25) is 14.5 Å². The number of rotatable bonds is 6. The molecule has 13 heteroatoms. The van der Waals surface area contributed by atoms with Crippen molar-refractivity contribution in [3.05, 3.63) is 69.1 Å². The van der Waals surface area contributed by atoms with Crippen molar-refractivity contribution in [3.8, 4) is 6.07 Å². The van der Waals surface area contributed by atoms with Gasteiger partial charge in [0, 0.05) is 34.3 Å². The van der Waals surface area contributed by atoms with E-state index in [4.69, 9.17) is 17.3 Å². The molecule has 0 saturated carbocycles. The van der Waals surface area contributed by atoms with Gasteiger partial charge >= 0.3 is 0 Å². The van der Waals surface area contributed by atoms with E-state index in [2.05, 4.69) is 26.6 Å². The second-order valence-electron chi connectivity index (χ2n) is 9.56. The lowest BCUT2D eigenvalue weighted by Gasteiger charge is -2.42. The van der Waals surface area contributed by atoms with Crippen LogP contribution >= 0.6 is 46.0 Å². The number of hydrogen-bond acceptors (Lipinski definition) is 11. The number of allylic oxidation sites excluding steroid dienone is 3. The molecule has 2 aromatic heterocycles. The van der Waals surface area contributed by atoms with E-state index in [0.29, 0.717) is 43.7 Å². The van der Waals surface area contributed by atoms with Crippen LogP contribution in [0, 0.1) is 16.7 Å². The lowest BCUT2D eigenvalue weighted by atomic mass is 9.69. The Morgan fingerprint density at radius 1 is 1.37 bits per heavy atom. The fourth-order valence-electron chi connectivity index (χ4n) is 4.67. The third kappa shape index (κ3) is 5.19. The molecule has 5 rings (SSSR count). The van der Waals surface area contributed by atoms with E-state index in [1.165, 1.54) is 34.4 Å². The predicted molar refractivity (Wildman–Crippen MR) is 150 cm³/mol. The Morgan fingerprint density at radius 2 is 2.18 bits per heavy atom. The summed E-state index contributed by atoms with van der Waals surface area (Å²) in [6.45, 7) is 4.06. The third-order valence-electron chi connectivity index (χ3n) is 6.16. The van der Waals surface area contributed by atoms with Crippen LogP contribution in [0.25, 0.3) is 0 Å². The summed E-state index contributed by atoms with van der Waals surface area (Å²) in [6.07, 6.45) is 2.53. The number of nitriles is 1.